The average Bonchev–Trinajstić information content (AvgIpc) is 3.04. The van der Waals surface area contributed by atoms with E-state index in [0.29, 0.717) is 18.9 Å². The number of nitrogens with zero attached hydrogens (tertiary/aromatic N) is 3. The van der Waals surface area contributed by atoms with Gasteiger partial charge in [-0.1, -0.05) is 11.3 Å². The largest absolute Gasteiger partial charge is 0.486 e. The van der Waals surface area contributed by atoms with E-state index in [1.807, 2.05) is 42.5 Å². The number of hydrogen-bond donors (Lipinski definition) is 1. The summed E-state index contributed by atoms with van der Waals surface area (Å²) in [5.41, 5.74) is 9.21. The number of hydrogen-bond acceptors (Lipinski definition) is 5. The van der Waals surface area contributed by atoms with Crippen LogP contribution >= 0.6 is 0 Å². The van der Waals surface area contributed by atoms with Gasteiger partial charge in [0.05, 0.1) is 17.6 Å². The van der Waals surface area contributed by atoms with Crippen LogP contribution in [0.5, 0.6) is 11.5 Å². The molecule has 0 fully saturated rings. The number of nitrogen functional groups attached to an aromatic ring is 1. The predicted molar refractivity (Wildman–Crippen MR) is 82.2 cm³/mol. The molecule has 2 heterocycles. The van der Waals surface area contributed by atoms with Gasteiger partial charge in [-0.25, -0.2) is 4.68 Å². The Labute approximate surface area is 127 Å². The molecule has 0 aliphatic carbocycles. The minimum atomic E-state index is 0.559. The second-order valence-corrected chi connectivity index (χ2v) is 4.98. The first-order valence-corrected chi connectivity index (χ1v) is 6.98. The Balaban J connectivity index is 1.80. The molecule has 1 aliphatic heterocycles. The van der Waals surface area contributed by atoms with Gasteiger partial charge in [0, 0.05) is 11.3 Å². The van der Waals surface area contributed by atoms with Gasteiger partial charge in [-0.05, 0) is 36.4 Å². The van der Waals surface area contributed by atoms with Gasteiger partial charge in [0.15, 0.2) is 11.5 Å². The van der Waals surface area contributed by atoms with Crippen LogP contribution in [0.3, 0.4) is 0 Å². The van der Waals surface area contributed by atoms with E-state index in [4.69, 9.17) is 15.2 Å². The summed E-state index contributed by atoms with van der Waals surface area (Å²) in [5, 5.41) is 8.17. The predicted octanol–water partition coefficient (Wildman–Crippen LogP) is 2.29. The average molecular weight is 294 g/mol. The number of nitrogens with two attached hydrogens (primary N) is 1. The number of rotatable bonds is 2. The van der Waals surface area contributed by atoms with E-state index < -0.39 is 0 Å². The molecular formula is C16H14N4O2. The lowest BCUT2D eigenvalue weighted by Crippen LogP contribution is -2.15. The van der Waals surface area contributed by atoms with Gasteiger partial charge in [-0.15, -0.1) is 5.10 Å². The maximum atomic E-state index is 5.85. The van der Waals surface area contributed by atoms with Crippen molar-refractivity contribution in [2.45, 2.75) is 0 Å². The Kier molecular flexibility index (Phi) is 2.93. The maximum absolute atomic E-state index is 5.85. The second-order valence-electron chi connectivity index (χ2n) is 4.98. The Hall–Kier alpha value is -3.02. The first-order valence-electron chi connectivity index (χ1n) is 6.98. The molecule has 2 N–H and O–H groups in total. The summed E-state index contributed by atoms with van der Waals surface area (Å²) in [7, 11) is 0. The molecule has 0 spiro atoms. The van der Waals surface area contributed by atoms with Crippen molar-refractivity contribution in [3.63, 3.8) is 0 Å². The van der Waals surface area contributed by atoms with Crippen molar-refractivity contribution in [3.8, 4) is 28.4 Å². The fraction of sp³-hybridized carbons (Fsp3) is 0.125. The van der Waals surface area contributed by atoms with E-state index in [1.54, 1.807) is 10.9 Å². The van der Waals surface area contributed by atoms with Crippen LogP contribution in [-0.2, 0) is 0 Å². The molecule has 2 aromatic carbocycles. The fourth-order valence-corrected chi connectivity index (χ4v) is 2.48. The van der Waals surface area contributed by atoms with Gasteiger partial charge in [-0.3, -0.25) is 0 Å². The fourth-order valence-electron chi connectivity index (χ4n) is 2.48. The molecule has 4 rings (SSSR count). The third-order valence-corrected chi connectivity index (χ3v) is 3.50. The molecule has 1 aromatic heterocycles. The van der Waals surface area contributed by atoms with Gasteiger partial charge in [0.1, 0.15) is 13.2 Å². The standard InChI is InChI=1S/C16H14N4O2/c17-12-2-1-3-13(9-12)20-14(10-18-19-20)11-4-5-15-16(8-11)22-7-6-21-15/h1-5,8-10H,6-7,17H2. The Morgan fingerprint density at radius 3 is 2.73 bits per heavy atom. The summed E-state index contributed by atoms with van der Waals surface area (Å²) in [4.78, 5) is 0. The minimum absolute atomic E-state index is 0.559. The summed E-state index contributed by atoms with van der Waals surface area (Å²) in [5.74, 6) is 1.50. The van der Waals surface area contributed by atoms with E-state index >= 15 is 0 Å². The van der Waals surface area contributed by atoms with Crippen molar-refractivity contribution in [1.82, 2.24) is 15.0 Å². The third kappa shape index (κ3) is 2.14. The van der Waals surface area contributed by atoms with Gasteiger partial charge < -0.3 is 15.2 Å². The molecule has 6 nitrogen and oxygen atoms in total. The summed E-state index contributed by atoms with van der Waals surface area (Å²) < 4.78 is 12.9. The normalized spacial score (nSPS) is 13.1. The van der Waals surface area contributed by atoms with E-state index in [1.165, 1.54) is 0 Å². The second kappa shape index (κ2) is 5.07. The highest BCUT2D eigenvalue weighted by atomic mass is 16.6. The highest BCUT2D eigenvalue weighted by Gasteiger charge is 2.15. The smallest absolute Gasteiger partial charge is 0.162 e. The Morgan fingerprint density at radius 1 is 1.00 bits per heavy atom. The van der Waals surface area contributed by atoms with Crippen molar-refractivity contribution in [1.29, 1.82) is 0 Å². The molecule has 0 amide bonds. The van der Waals surface area contributed by atoms with Crippen LogP contribution in [0, 0.1) is 0 Å². The summed E-state index contributed by atoms with van der Waals surface area (Å²) >= 11 is 0. The highest BCUT2D eigenvalue weighted by Crippen LogP contribution is 2.34. The quantitative estimate of drug-likeness (QED) is 0.734. The summed E-state index contributed by atoms with van der Waals surface area (Å²) in [6.45, 7) is 1.14. The molecule has 0 saturated heterocycles. The van der Waals surface area contributed by atoms with Gasteiger partial charge in [0.2, 0.25) is 0 Å². The van der Waals surface area contributed by atoms with E-state index in [0.717, 1.165) is 28.4 Å². The number of anilines is 1. The van der Waals surface area contributed by atoms with Crippen LogP contribution in [0.1, 0.15) is 0 Å². The minimum Gasteiger partial charge on any atom is -0.486 e. The monoisotopic (exact) mass is 294 g/mol. The van der Waals surface area contributed by atoms with Gasteiger partial charge >= 0.3 is 0 Å². The number of aromatic nitrogens is 3. The van der Waals surface area contributed by atoms with Crippen molar-refractivity contribution in [2.75, 3.05) is 18.9 Å². The molecule has 6 heteroatoms. The van der Waals surface area contributed by atoms with Gasteiger partial charge in [0.25, 0.3) is 0 Å². The number of ether oxygens (including phenoxy) is 2. The lowest BCUT2D eigenvalue weighted by Gasteiger charge is -2.19. The van der Waals surface area contributed by atoms with Crippen molar-refractivity contribution in [2.24, 2.45) is 0 Å². The topological polar surface area (TPSA) is 75.2 Å². The van der Waals surface area contributed by atoms with Gasteiger partial charge in [-0.2, -0.15) is 0 Å². The lowest BCUT2D eigenvalue weighted by molar-refractivity contribution is 0.171. The maximum Gasteiger partial charge on any atom is 0.162 e. The highest BCUT2D eigenvalue weighted by molar-refractivity contribution is 5.66. The van der Waals surface area contributed by atoms with E-state index in [2.05, 4.69) is 10.3 Å². The van der Waals surface area contributed by atoms with Crippen LogP contribution in [0.4, 0.5) is 5.69 Å². The third-order valence-electron chi connectivity index (χ3n) is 3.50. The summed E-state index contributed by atoms with van der Waals surface area (Å²) in [6.07, 6.45) is 1.72. The molecule has 110 valence electrons. The van der Waals surface area contributed by atoms with Crippen molar-refractivity contribution < 1.29 is 9.47 Å². The first kappa shape index (κ1) is 12.7. The van der Waals surface area contributed by atoms with Crippen LogP contribution in [0.25, 0.3) is 16.9 Å². The zero-order valence-corrected chi connectivity index (χ0v) is 11.8. The van der Waals surface area contributed by atoms with Crippen molar-refractivity contribution in [3.05, 3.63) is 48.7 Å². The summed E-state index contributed by atoms with van der Waals surface area (Å²) in [6, 6.07) is 13.3. The number of benzene rings is 2. The molecule has 3 aromatic rings. The van der Waals surface area contributed by atoms with Crippen LogP contribution in [0.15, 0.2) is 48.7 Å². The zero-order chi connectivity index (χ0) is 14.9. The molecule has 0 saturated carbocycles. The van der Waals surface area contributed by atoms with Crippen LogP contribution in [0.2, 0.25) is 0 Å². The molecular weight excluding hydrogens is 280 g/mol. The van der Waals surface area contributed by atoms with Crippen LogP contribution in [-0.4, -0.2) is 28.2 Å². The Morgan fingerprint density at radius 2 is 1.86 bits per heavy atom. The zero-order valence-electron chi connectivity index (χ0n) is 11.8. The molecule has 0 unspecified atom stereocenters. The Bertz CT molecular complexity index is 829. The molecule has 0 radical (unpaired) electrons. The SMILES string of the molecule is Nc1cccc(-n2nncc2-c2ccc3c(c2)OCCO3)c1. The molecule has 0 bridgehead atoms. The molecule has 0 atom stereocenters. The van der Waals surface area contributed by atoms with Crippen molar-refractivity contribution >= 4 is 5.69 Å². The van der Waals surface area contributed by atoms with E-state index in [-0.39, 0.29) is 0 Å². The lowest BCUT2D eigenvalue weighted by atomic mass is 10.1. The first-order chi connectivity index (χ1) is 10.8. The molecule has 1 aliphatic rings. The number of fused-ring (bicyclic) bond motifs is 1. The van der Waals surface area contributed by atoms with E-state index in [9.17, 15) is 0 Å². The van der Waals surface area contributed by atoms with Crippen LogP contribution < -0.4 is 15.2 Å². The molecule has 22 heavy (non-hydrogen) atoms.